The largest absolute Gasteiger partial charge is 0.251 e. The fraction of sp³-hybridized carbons (Fsp3) is 0. The third-order valence-corrected chi connectivity index (χ3v) is 2.56. The van der Waals surface area contributed by atoms with E-state index >= 15 is 0 Å². The Bertz CT molecular complexity index is 372. The molecule has 2 aromatic heterocycles. The molecule has 60 valence electrons. The van der Waals surface area contributed by atoms with Gasteiger partial charge in [0, 0.05) is 12.4 Å². The van der Waals surface area contributed by atoms with Gasteiger partial charge in [0.2, 0.25) is 0 Å². The molecule has 2 heterocycles. The van der Waals surface area contributed by atoms with E-state index < -0.39 is 0 Å². The Morgan fingerprint density at radius 2 is 2.08 bits per heavy atom. The number of rotatable bonds is 1. The number of aromatic nitrogens is 2. The molecule has 0 spiro atoms. The van der Waals surface area contributed by atoms with Crippen molar-refractivity contribution < 1.29 is 0 Å². The van der Waals surface area contributed by atoms with Gasteiger partial charge in [-0.25, -0.2) is 4.98 Å². The van der Waals surface area contributed by atoms with Crippen LogP contribution >= 0.6 is 22.9 Å². The van der Waals surface area contributed by atoms with Crippen molar-refractivity contribution in [3.63, 3.8) is 0 Å². The summed E-state index contributed by atoms with van der Waals surface area (Å²) in [6.45, 7) is 0. The quantitative estimate of drug-likeness (QED) is 0.701. The van der Waals surface area contributed by atoms with Gasteiger partial charge in [-0.1, -0.05) is 17.7 Å². The van der Waals surface area contributed by atoms with Crippen molar-refractivity contribution in [2.24, 2.45) is 0 Å². The van der Waals surface area contributed by atoms with Gasteiger partial charge in [-0.2, -0.15) is 0 Å². The molecule has 0 saturated carbocycles. The Morgan fingerprint density at radius 1 is 1.25 bits per heavy atom. The normalized spacial score (nSPS) is 10.1. The molecule has 0 aliphatic carbocycles. The number of halogens is 1. The maximum atomic E-state index is 5.85. The van der Waals surface area contributed by atoms with Gasteiger partial charge in [-0.3, -0.25) is 4.98 Å². The van der Waals surface area contributed by atoms with Crippen molar-refractivity contribution in [1.29, 1.82) is 0 Å². The molecule has 0 amide bonds. The maximum absolute atomic E-state index is 5.85. The van der Waals surface area contributed by atoms with E-state index in [1.165, 1.54) is 0 Å². The Hall–Kier alpha value is -0.930. The molecule has 0 aliphatic rings. The summed E-state index contributed by atoms with van der Waals surface area (Å²) in [6.07, 6.45) is 3.22. The lowest BCUT2D eigenvalue weighted by Crippen LogP contribution is -1.83. The molecule has 0 atom stereocenters. The van der Waals surface area contributed by atoms with E-state index in [1.54, 1.807) is 23.7 Å². The summed E-state index contributed by atoms with van der Waals surface area (Å²) in [7, 11) is 0. The molecule has 0 N–H and O–H groups in total. The van der Waals surface area contributed by atoms with Crippen LogP contribution in [0.2, 0.25) is 5.15 Å². The predicted octanol–water partition coefficient (Wildman–Crippen LogP) is 2.86. The van der Waals surface area contributed by atoms with Crippen molar-refractivity contribution in [2.75, 3.05) is 0 Å². The van der Waals surface area contributed by atoms with Crippen LogP contribution in [0.5, 0.6) is 0 Å². The highest BCUT2D eigenvalue weighted by molar-refractivity contribution is 7.13. The van der Waals surface area contributed by atoms with Gasteiger partial charge in [0.1, 0.15) is 5.69 Å². The molecule has 0 saturated heterocycles. The average molecular weight is 197 g/mol. The van der Waals surface area contributed by atoms with Gasteiger partial charge in [-0.15, -0.1) is 11.3 Å². The molecule has 0 aromatic carbocycles. The first-order valence-electron chi connectivity index (χ1n) is 3.38. The number of nitrogens with zero attached hydrogens (tertiary/aromatic N) is 2. The smallest absolute Gasteiger partial charge is 0.156 e. The summed E-state index contributed by atoms with van der Waals surface area (Å²) >= 11 is 7.45. The van der Waals surface area contributed by atoms with E-state index in [-0.39, 0.29) is 0 Å². The standard InChI is InChI=1S/C8H5ClN2S/c9-8-7(10-3-4-11-8)6-2-1-5-12-6/h1-5H. The molecular formula is C8H5ClN2S. The molecule has 0 unspecified atom stereocenters. The number of hydrogen-bond donors (Lipinski definition) is 0. The van der Waals surface area contributed by atoms with Crippen LogP contribution in [0.25, 0.3) is 10.6 Å². The van der Waals surface area contributed by atoms with Crippen molar-refractivity contribution in [3.8, 4) is 10.6 Å². The zero-order chi connectivity index (χ0) is 8.39. The minimum Gasteiger partial charge on any atom is -0.251 e. The summed E-state index contributed by atoms with van der Waals surface area (Å²) in [6, 6.07) is 3.94. The molecule has 4 heteroatoms. The highest BCUT2D eigenvalue weighted by Gasteiger charge is 2.04. The first kappa shape index (κ1) is 7.71. The molecule has 2 nitrogen and oxygen atoms in total. The van der Waals surface area contributed by atoms with Crippen LogP contribution in [0.4, 0.5) is 0 Å². The van der Waals surface area contributed by atoms with Gasteiger partial charge in [0.05, 0.1) is 4.88 Å². The molecule has 2 rings (SSSR count). The molecule has 2 aromatic rings. The van der Waals surface area contributed by atoms with Crippen LogP contribution in [0, 0.1) is 0 Å². The molecule has 12 heavy (non-hydrogen) atoms. The number of hydrogen-bond acceptors (Lipinski definition) is 3. The second-order valence-electron chi connectivity index (χ2n) is 2.17. The number of thiophene rings is 1. The van der Waals surface area contributed by atoms with Gasteiger partial charge in [-0.05, 0) is 11.4 Å². The SMILES string of the molecule is Clc1nccnc1-c1cccs1. The Balaban J connectivity index is 2.55. The summed E-state index contributed by atoms with van der Waals surface area (Å²) in [5, 5.41) is 2.44. The van der Waals surface area contributed by atoms with Gasteiger partial charge in [0.25, 0.3) is 0 Å². The summed E-state index contributed by atoms with van der Waals surface area (Å²) < 4.78 is 0. The summed E-state index contributed by atoms with van der Waals surface area (Å²) in [5.74, 6) is 0. The highest BCUT2D eigenvalue weighted by Crippen LogP contribution is 2.26. The summed E-state index contributed by atoms with van der Waals surface area (Å²) in [4.78, 5) is 9.13. The second kappa shape index (κ2) is 3.21. The molecule has 0 fully saturated rings. The Morgan fingerprint density at radius 3 is 2.75 bits per heavy atom. The van der Waals surface area contributed by atoms with Crippen molar-refractivity contribution in [2.45, 2.75) is 0 Å². The highest BCUT2D eigenvalue weighted by atomic mass is 35.5. The van der Waals surface area contributed by atoms with E-state index in [1.807, 2.05) is 17.5 Å². The van der Waals surface area contributed by atoms with E-state index in [4.69, 9.17) is 11.6 Å². The van der Waals surface area contributed by atoms with Gasteiger partial charge in [0.15, 0.2) is 5.15 Å². The Labute approximate surface area is 78.9 Å². The van der Waals surface area contributed by atoms with Gasteiger partial charge < -0.3 is 0 Å². The third kappa shape index (κ3) is 1.33. The molecule has 0 aliphatic heterocycles. The van der Waals surface area contributed by atoms with Crippen molar-refractivity contribution in [3.05, 3.63) is 35.1 Å². The lowest BCUT2D eigenvalue weighted by atomic mass is 10.4. The average Bonchev–Trinajstić information content (AvgIpc) is 2.57. The van der Waals surface area contributed by atoms with Crippen LogP contribution < -0.4 is 0 Å². The van der Waals surface area contributed by atoms with E-state index in [0.717, 1.165) is 10.6 Å². The van der Waals surface area contributed by atoms with E-state index in [9.17, 15) is 0 Å². The minimum atomic E-state index is 0.458. The van der Waals surface area contributed by atoms with Crippen LogP contribution in [0.3, 0.4) is 0 Å². The van der Waals surface area contributed by atoms with Crippen LogP contribution in [0.1, 0.15) is 0 Å². The molecule has 0 radical (unpaired) electrons. The minimum absolute atomic E-state index is 0.458. The lowest BCUT2D eigenvalue weighted by Gasteiger charge is -1.96. The molecular weight excluding hydrogens is 192 g/mol. The fourth-order valence-corrected chi connectivity index (χ4v) is 1.88. The predicted molar refractivity (Wildman–Crippen MR) is 50.4 cm³/mol. The van der Waals surface area contributed by atoms with Crippen LogP contribution in [0.15, 0.2) is 29.9 Å². The molecule has 0 bridgehead atoms. The van der Waals surface area contributed by atoms with Gasteiger partial charge >= 0.3 is 0 Å². The second-order valence-corrected chi connectivity index (χ2v) is 3.48. The summed E-state index contributed by atoms with van der Waals surface area (Å²) in [5.41, 5.74) is 0.758. The lowest BCUT2D eigenvalue weighted by molar-refractivity contribution is 1.21. The zero-order valence-corrected chi connectivity index (χ0v) is 7.64. The van der Waals surface area contributed by atoms with Crippen molar-refractivity contribution >= 4 is 22.9 Å². The van der Waals surface area contributed by atoms with E-state index in [0.29, 0.717) is 5.15 Å². The zero-order valence-electron chi connectivity index (χ0n) is 6.07. The van der Waals surface area contributed by atoms with Crippen molar-refractivity contribution in [1.82, 2.24) is 9.97 Å². The van der Waals surface area contributed by atoms with Crippen LogP contribution in [-0.4, -0.2) is 9.97 Å². The first-order valence-corrected chi connectivity index (χ1v) is 4.64. The fourth-order valence-electron chi connectivity index (χ4n) is 0.900. The van der Waals surface area contributed by atoms with E-state index in [2.05, 4.69) is 9.97 Å². The van der Waals surface area contributed by atoms with Crippen LogP contribution in [-0.2, 0) is 0 Å². The third-order valence-electron chi connectivity index (χ3n) is 1.41. The first-order chi connectivity index (χ1) is 5.88. The monoisotopic (exact) mass is 196 g/mol. The topological polar surface area (TPSA) is 25.8 Å². The maximum Gasteiger partial charge on any atom is 0.156 e. The Kier molecular flexibility index (Phi) is 2.06.